The molecule has 0 fully saturated rings. The molecule has 4 rings (SSSR count). The van der Waals surface area contributed by atoms with Crippen LogP contribution in [0.15, 0.2) is 59.5 Å². The minimum atomic E-state index is 0.669. The molecule has 0 aliphatic carbocycles. The molecule has 0 radical (unpaired) electrons. The largest absolute Gasteiger partial charge is 0.456 e. The van der Waals surface area contributed by atoms with Crippen molar-refractivity contribution in [3.8, 4) is 11.4 Å². The van der Waals surface area contributed by atoms with Crippen LogP contribution < -0.4 is 0 Å². The van der Waals surface area contributed by atoms with Gasteiger partial charge in [0.1, 0.15) is 23.8 Å². The number of hydrogen-bond donors (Lipinski definition) is 0. The van der Waals surface area contributed by atoms with E-state index in [1.54, 1.807) is 0 Å². The van der Waals surface area contributed by atoms with Crippen molar-refractivity contribution in [2.24, 2.45) is 0 Å². The van der Waals surface area contributed by atoms with Crippen LogP contribution >= 0.6 is 0 Å². The third-order valence-corrected chi connectivity index (χ3v) is 3.13. The average molecular weight is 247 g/mol. The standard InChI is InChI=1S/C15H9N3O/c1-2-4-13-11(3-1)12-7-10(5-6-14(12)19-13)15-17-8-16-9-18-15/h1-9H. The van der Waals surface area contributed by atoms with Gasteiger partial charge in [0.25, 0.3) is 0 Å². The van der Waals surface area contributed by atoms with Gasteiger partial charge in [-0.1, -0.05) is 18.2 Å². The van der Waals surface area contributed by atoms with Crippen molar-refractivity contribution < 1.29 is 4.42 Å². The Morgan fingerprint density at radius 3 is 2.47 bits per heavy atom. The lowest BCUT2D eigenvalue weighted by Gasteiger charge is -1.98. The van der Waals surface area contributed by atoms with E-state index in [-0.39, 0.29) is 0 Å². The summed E-state index contributed by atoms with van der Waals surface area (Å²) in [7, 11) is 0. The number of nitrogens with zero attached hydrogens (tertiary/aromatic N) is 3. The van der Waals surface area contributed by atoms with E-state index in [1.807, 2.05) is 30.3 Å². The summed E-state index contributed by atoms with van der Waals surface area (Å²) in [6.45, 7) is 0. The van der Waals surface area contributed by atoms with E-state index in [2.05, 4.69) is 27.1 Å². The van der Waals surface area contributed by atoms with Gasteiger partial charge in [-0.3, -0.25) is 0 Å². The van der Waals surface area contributed by atoms with Gasteiger partial charge < -0.3 is 4.42 Å². The molecule has 0 saturated heterocycles. The Morgan fingerprint density at radius 1 is 0.789 bits per heavy atom. The van der Waals surface area contributed by atoms with Crippen molar-refractivity contribution in [3.63, 3.8) is 0 Å². The van der Waals surface area contributed by atoms with E-state index < -0.39 is 0 Å². The van der Waals surface area contributed by atoms with Crippen molar-refractivity contribution in [1.29, 1.82) is 0 Å². The molecule has 4 nitrogen and oxygen atoms in total. The van der Waals surface area contributed by atoms with Crippen LogP contribution in [-0.2, 0) is 0 Å². The first kappa shape index (κ1) is 10.2. The smallest absolute Gasteiger partial charge is 0.162 e. The normalized spacial score (nSPS) is 11.2. The molecular weight excluding hydrogens is 238 g/mol. The van der Waals surface area contributed by atoms with Gasteiger partial charge in [-0.25, -0.2) is 15.0 Å². The van der Waals surface area contributed by atoms with Crippen LogP contribution in [0.25, 0.3) is 33.3 Å². The molecule has 0 spiro atoms. The molecule has 2 heterocycles. The highest BCUT2D eigenvalue weighted by Crippen LogP contribution is 2.30. The monoisotopic (exact) mass is 247 g/mol. The Hall–Kier alpha value is -2.75. The number of hydrogen-bond acceptors (Lipinski definition) is 4. The van der Waals surface area contributed by atoms with Gasteiger partial charge in [0.2, 0.25) is 0 Å². The molecule has 0 amide bonds. The van der Waals surface area contributed by atoms with Crippen LogP contribution in [0.2, 0.25) is 0 Å². The third kappa shape index (κ3) is 1.57. The molecule has 4 aromatic rings. The lowest BCUT2D eigenvalue weighted by Crippen LogP contribution is -1.88. The number of furan rings is 1. The van der Waals surface area contributed by atoms with Crippen molar-refractivity contribution in [3.05, 3.63) is 55.1 Å². The maximum absolute atomic E-state index is 5.79. The van der Waals surface area contributed by atoms with Crippen LogP contribution in [0.4, 0.5) is 0 Å². The zero-order valence-electron chi connectivity index (χ0n) is 9.95. The summed E-state index contributed by atoms with van der Waals surface area (Å²) in [5.41, 5.74) is 2.73. The van der Waals surface area contributed by atoms with Crippen molar-refractivity contribution in [2.45, 2.75) is 0 Å². The highest BCUT2D eigenvalue weighted by molar-refractivity contribution is 6.06. The zero-order chi connectivity index (χ0) is 12.7. The quantitative estimate of drug-likeness (QED) is 0.517. The van der Waals surface area contributed by atoms with E-state index in [9.17, 15) is 0 Å². The van der Waals surface area contributed by atoms with Crippen molar-refractivity contribution in [1.82, 2.24) is 15.0 Å². The van der Waals surface area contributed by atoms with Gasteiger partial charge in [0.15, 0.2) is 5.82 Å². The van der Waals surface area contributed by atoms with Gasteiger partial charge in [0, 0.05) is 16.3 Å². The summed E-state index contributed by atoms with van der Waals surface area (Å²) in [6, 6.07) is 14.0. The molecule has 2 aromatic carbocycles. The molecule has 4 heteroatoms. The summed E-state index contributed by atoms with van der Waals surface area (Å²) >= 11 is 0. The maximum Gasteiger partial charge on any atom is 0.162 e. The molecule has 0 saturated carbocycles. The summed E-state index contributed by atoms with van der Waals surface area (Å²) in [6.07, 6.45) is 3.00. The fourth-order valence-electron chi connectivity index (χ4n) is 2.25. The third-order valence-electron chi connectivity index (χ3n) is 3.13. The van der Waals surface area contributed by atoms with Crippen molar-refractivity contribution >= 4 is 21.9 Å². The summed E-state index contributed by atoms with van der Waals surface area (Å²) in [5, 5.41) is 2.18. The number of para-hydroxylation sites is 1. The Balaban J connectivity index is 2.03. The van der Waals surface area contributed by atoms with Gasteiger partial charge in [0.05, 0.1) is 0 Å². The van der Waals surface area contributed by atoms with Crippen LogP contribution in [0.3, 0.4) is 0 Å². The molecule has 0 N–H and O–H groups in total. The van der Waals surface area contributed by atoms with E-state index in [0.717, 1.165) is 27.5 Å². The first-order valence-corrected chi connectivity index (χ1v) is 5.95. The summed E-state index contributed by atoms with van der Waals surface area (Å²) in [5.74, 6) is 0.669. The van der Waals surface area contributed by atoms with Crippen LogP contribution in [-0.4, -0.2) is 15.0 Å². The molecule has 0 aliphatic heterocycles. The van der Waals surface area contributed by atoms with Gasteiger partial charge in [-0.2, -0.15) is 0 Å². The van der Waals surface area contributed by atoms with Crippen LogP contribution in [0, 0.1) is 0 Å². The SMILES string of the molecule is c1ccc2c(c1)oc1ccc(-c3ncncn3)cc12. The molecule has 0 bridgehead atoms. The number of fused-ring (bicyclic) bond motifs is 3. The second kappa shape index (κ2) is 3.88. The predicted octanol–water partition coefficient (Wildman–Crippen LogP) is 3.44. The fraction of sp³-hybridized carbons (Fsp3) is 0. The Labute approximate surface area is 108 Å². The van der Waals surface area contributed by atoms with Gasteiger partial charge >= 0.3 is 0 Å². The molecule has 2 aromatic heterocycles. The Morgan fingerprint density at radius 2 is 1.58 bits per heavy atom. The summed E-state index contributed by atoms with van der Waals surface area (Å²) < 4.78 is 5.79. The lowest BCUT2D eigenvalue weighted by molar-refractivity contribution is 0.669. The van der Waals surface area contributed by atoms with Crippen LogP contribution in [0.5, 0.6) is 0 Å². The van der Waals surface area contributed by atoms with Crippen molar-refractivity contribution in [2.75, 3.05) is 0 Å². The average Bonchev–Trinajstić information content (AvgIpc) is 2.86. The van der Waals surface area contributed by atoms with Crippen LogP contribution in [0.1, 0.15) is 0 Å². The van der Waals surface area contributed by atoms with Gasteiger partial charge in [-0.15, -0.1) is 0 Å². The number of aromatic nitrogens is 3. The molecule has 0 aliphatic rings. The van der Waals surface area contributed by atoms with E-state index in [1.165, 1.54) is 12.7 Å². The number of rotatable bonds is 1. The Bertz CT molecular complexity index is 868. The molecular formula is C15H9N3O. The maximum atomic E-state index is 5.79. The highest BCUT2D eigenvalue weighted by Gasteiger charge is 2.08. The molecule has 0 atom stereocenters. The second-order valence-electron chi connectivity index (χ2n) is 4.27. The summed E-state index contributed by atoms with van der Waals surface area (Å²) in [4.78, 5) is 12.2. The fourth-order valence-corrected chi connectivity index (χ4v) is 2.25. The highest BCUT2D eigenvalue weighted by atomic mass is 16.3. The lowest BCUT2D eigenvalue weighted by atomic mass is 10.1. The van der Waals surface area contributed by atoms with E-state index in [4.69, 9.17) is 4.42 Å². The Kier molecular flexibility index (Phi) is 2.08. The minimum absolute atomic E-state index is 0.669. The molecule has 19 heavy (non-hydrogen) atoms. The first-order chi connectivity index (χ1) is 9.42. The first-order valence-electron chi connectivity index (χ1n) is 5.95. The van der Waals surface area contributed by atoms with Gasteiger partial charge in [-0.05, 0) is 24.3 Å². The molecule has 0 unspecified atom stereocenters. The van der Waals surface area contributed by atoms with E-state index >= 15 is 0 Å². The number of benzene rings is 2. The molecule has 90 valence electrons. The minimum Gasteiger partial charge on any atom is -0.456 e. The van der Waals surface area contributed by atoms with E-state index in [0.29, 0.717) is 5.82 Å². The predicted molar refractivity (Wildman–Crippen MR) is 72.5 cm³/mol. The zero-order valence-corrected chi connectivity index (χ0v) is 9.95. The second-order valence-corrected chi connectivity index (χ2v) is 4.27. The topological polar surface area (TPSA) is 51.8 Å².